The maximum Gasteiger partial charge on any atom is 0.232 e. The standard InChI is InChI=1S/C14H26N6O/c1-5-15-12-16-13(19(4)11-8-9-21-10-11)18-14(17-12)20(6-2)7-3/h11H,5-10H2,1-4H3,(H,15,16,17,18). The van der Waals surface area contributed by atoms with Gasteiger partial charge in [-0.05, 0) is 27.2 Å². The van der Waals surface area contributed by atoms with E-state index in [1.54, 1.807) is 0 Å². The molecule has 1 atom stereocenters. The van der Waals surface area contributed by atoms with Gasteiger partial charge in [0.15, 0.2) is 0 Å². The smallest absolute Gasteiger partial charge is 0.232 e. The van der Waals surface area contributed by atoms with Crippen molar-refractivity contribution >= 4 is 17.8 Å². The van der Waals surface area contributed by atoms with E-state index in [9.17, 15) is 0 Å². The second-order valence-corrected chi connectivity index (χ2v) is 5.09. The first-order chi connectivity index (χ1) is 10.2. The number of ether oxygens (including phenoxy) is 1. The summed E-state index contributed by atoms with van der Waals surface area (Å²) < 4.78 is 5.46. The highest BCUT2D eigenvalue weighted by molar-refractivity contribution is 5.45. The zero-order valence-corrected chi connectivity index (χ0v) is 13.5. The van der Waals surface area contributed by atoms with Crippen molar-refractivity contribution in [3.05, 3.63) is 0 Å². The fraction of sp³-hybridized carbons (Fsp3) is 0.786. The molecule has 2 rings (SSSR count). The van der Waals surface area contributed by atoms with Crippen LogP contribution in [-0.2, 0) is 4.74 Å². The Bertz CT molecular complexity index is 445. The lowest BCUT2D eigenvalue weighted by Crippen LogP contribution is -2.34. The summed E-state index contributed by atoms with van der Waals surface area (Å²) >= 11 is 0. The van der Waals surface area contributed by atoms with Crippen LogP contribution < -0.4 is 15.1 Å². The fourth-order valence-corrected chi connectivity index (χ4v) is 2.39. The predicted octanol–water partition coefficient (Wildman–Crippen LogP) is 1.37. The number of likely N-dealkylation sites (N-methyl/N-ethyl adjacent to an activating group) is 1. The number of nitrogens with zero attached hydrogens (tertiary/aromatic N) is 5. The van der Waals surface area contributed by atoms with Crippen molar-refractivity contribution in [1.29, 1.82) is 0 Å². The zero-order chi connectivity index (χ0) is 15.2. The van der Waals surface area contributed by atoms with Gasteiger partial charge in [0.05, 0.1) is 12.6 Å². The summed E-state index contributed by atoms with van der Waals surface area (Å²) in [5.74, 6) is 2.07. The minimum atomic E-state index is 0.339. The van der Waals surface area contributed by atoms with E-state index >= 15 is 0 Å². The predicted molar refractivity (Wildman–Crippen MR) is 85.2 cm³/mol. The summed E-state index contributed by atoms with van der Waals surface area (Å²) in [6, 6.07) is 0.339. The van der Waals surface area contributed by atoms with Crippen molar-refractivity contribution < 1.29 is 4.74 Å². The van der Waals surface area contributed by atoms with E-state index < -0.39 is 0 Å². The van der Waals surface area contributed by atoms with Crippen molar-refractivity contribution in [3.63, 3.8) is 0 Å². The average Bonchev–Trinajstić information content (AvgIpc) is 3.02. The maximum absolute atomic E-state index is 5.46. The second-order valence-electron chi connectivity index (χ2n) is 5.09. The number of hydrogen-bond acceptors (Lipinski definition) is 7. The van der Waals surface area contributed by atoms with Crippen molar-refractivity contribution in [2.45, 2.75) is 33.2 Å². The van der Waals surface area contributed by atoms with Crippen LogP contribution in [0.1, 0.15) is 27.2 Å². The lowest BCUT2D eigenvalue weighted by atomic mass is 10.2. The van der Waals surface area contributed by atoms with Crippen molar-refractivity contribution in [3.8, 4) is 0 Å². The Morgan fingerprint density at radius 3 is 2.43 bits per heavy atom. The zero-order valence-electron chi connectivity index (χ0n) is 13.5. The minimum Gasteiger partial charge on any atom is -0.379 e. The Morgan fingerprint density at radius 1 is 1.14 bits per heavy atom. The molecule has 0 aliphatic carbocycles. The van der Waals surface area contributed by atoms with Crippen LogP contribution in [0.5, 0.6) is 0 Å². The van der Waals surface area contributed by atoms with Gasteiger partial charge >= 0.3 is 0 Å². The molecule has 1 aromatic rings. The van der Waals surface area contributed by atoms with Gasteiger partial charge < -0.3 is 19.9 Å². The number of nitrogens with one attached hydrogen (secondary N) is 1. The van der Waals surface area contributed by atoms with Gasteiger partial charge in [-0.15, -0.1) is 0 Å². The van der Waals surface area contributed by atoms with E-state index in [4.69, 9.17) is 4.74 Å². The highest BCUT2D eigenvalue weighted by atomic mass is 16.5. The van der Waals surface area contributed by atoms with Crippen LogP contribution in [0.4, 0.5) is 17.8 Å². The first-order valence-electron chi connectivity index (χ1n) is 7.75. The summed E-state index contributed by atoms with van der Waals surface area (Å²) in [5.41, 5.74) is 0. The van der Waals surface area contributed by atoms with E-state index in [2.05, 4.69) is 43.9 Å². The summed E-state index contributed by atoms with van der Waals surface area (Å²) in [7, 11) is 2.02. The molecule has 0 radical (unpaired) electrons. The van der Waals surface area contributed by atoms with Gasteiger partial charge in [0, 0.05) is 33.3 Å². The Morgan fingerprint density at radius 2 is 1.86 bits per heavy atom. The van der Waals surface area contributed by atoms with Gasteiger partial charge in [-0.25, -0.2) is 0 Å². The van der Waals surface area contributed by atoms with Crippen LogP contribution in [-0.4, -0.2) is 60.9 Å². The Kier molecular flexibility index (Phi) is 5.55. The summed E-state index contributed by atoms with van der Waals surface area (Å²) in [6.07, 6.45) is 1.01. The molecule has 7 heteroatoms. The maximum atomic E-state index is 5.46. The molecular formula is C14H26N6O. The van der Waals surface area contributed by atoms with Gasteiger partial charge in [0.25, 0.3) is 0 Å². The normalized spacial score (nSPS) is 17.8. The second kappa shape index (κ2) is 7.40. The number of anilines is 3. The SMILES string of the molecule is CCNc1nc(N(CC)CC)nc(N(C)C2CCOC2)n1. The third-order valence-corrected chi connectivity index (χ3v) is 3.76. The van der Waals surface area contributed by atoms with E-state index in [1.807, 2.05) is 14.0 Å². The van der Waals surface area contributed by atoms with E-state index in [0.717, 1.165) is 45.2 Å². The lowest BCUT2D eigenvalue weighted by Gasteiger charge is -2.25. The molecule has 1 fully saturated rings. The Labute approximate surface area is 126 Å². The van der Waals surface area contributed by atoms with Crippen molar-refractivity contribution in [2.75, 3.05) is 55.0 Å². The lowest BCUT2D eigenvalue weighted by molar-refractivity contribution is 0.193. The largest absolute Gasteiger partial charge is 0.379 e. The van der Waals surface area contributed by atoms with E-state index in [0.29, 0.717) is 17.9 Å². The molecule has 0 spiro atoms. The highest BCUT2D eigenvalue weighted by Gasteiger charge is 2.23. The molecule has 1 N–H and O–H groups in total. The fourth-order valence-electron chi connectivity index (χ4n) is 2.39. The first-order valence-corrected chi connectivity index (χ1v) is 7.75. The molecule has 1 unspecified atom stereocenters. The minimum absolute atomic E-state index is 0.339. The molecule has 0 amide bonds. The number of rotatable bonds is 7. The topological polar surface area (TPSA) is 66.4 Å². The molecule has 1 aromatic heterocycles. The van der Waals surface area contributed by atoms with Crippen LogP contribution in [0.25, 0.3) is 0 Å². The molecule has 1 aliphatic rings. The summed E-state index contributed by atoms with van der Waals surface area (Å²) in [5, 5.41) is 3.19. The summed E-state index contributed by atoms with van der Waals surface area (Å²) in [6.45, 7) is 10.3. The molecule has 0 aromatic carbocycles. The molecule has 21 heavy (non-hydrogen) atoms. The third kappa shape index (κ3) is 3.72. The molecule has 1 saturated heterocycles. The van der Waals surface area contributed by atoms with Gasteiger partial charge in [-0.1, -0.05) is 0 Å². The molecule has 7 nitrogen and oxygen atoms in total. The van der Waals surface area contributed by atoms with Gasteiger partial charge in [0.1, 0.15) is 0 Å². The van der Waals surface area contributed by atoms with Gasteiger partial charge in [-0.3, -0.25) is 0 Å². The van der Waals surface area contributed by atoms with Crippen LogP contribution in [0, 0.1) is 0 Å². The van der Waals surface area contributed by atoms with Crippen molar-refractivity contribution in [2.24, 2.45) is 0 Å². The molecular weight excluding hydrogens is 268 g/mol. The molecule has 1 aliphatic heterocycles. The van der Waals surface area contributed by atoms with Crippen LogP contribution in [0.2, 0.25) is 0 Å². The van der Waals surface area contributed by atoms with E-state index in [1.165, 1.54) is 0 Å². The average molecular weight is 294 g/mol. The first kappa shape index (κ1) is 15.8. The monoisotopic (exact) mass is 294 g/mol. The summed E-state index contributed by atoms with van der Waals surface area (Å²) in [4.78, 5) is 17.9. The number of aromatic nitrogens is 3. The third-order valence-electron chi connectivity index (χ3n) is 3.76. The Balaban J connectivity index is 2.29. The van der Waals surface area contributed by atoms with Crippen LogP contribution in [0.3, 0.4) is 0 Å². The molecule has 2 heterocycles. The number of hydrogen-bond donors (Lipinski definition) is 1. The Hall–Kier alpha value is -1.63. The quantitative estimate of drug-likeness (QED) is 0.814. The van der Waals surface area contributed by atoms with Gasteiger partial charge in [0.2, 0.25) is 17.8 Å². The van der Waals surface area contributed by atoms with Crippen LogP contribution in [0.15, 0.2) is 0 Å². The molecule has 0 saturated carbocycles. The van der Waals surface area contributed by atoms with Crippen LogP contribution >= 0.6 is 0 Å². The van der Waals surface area contributed by atoms with Crippen molar-refractivity contribution in [1.82, 2.24) is 15.0 Å². The highest BCUT2D eigenvalue weighted by Crippen LogP contribution is 2.20. The molecule has 118 valence electrons. The van der Waals surface area contributed by atoms with Gasteiger partial charge in [-0.2, -0.15) is 15.0 Å². The molecule has 0 bridgehead atoms. The van der Waals surface area contributed by atoms with E-state index in [-0.39, 0.29) is 0 Å².